The summed E-state index contributed by atoms with van der Waals surface area (Å²) in [5, 5.41) is 17.2. The van der Waals surface area contributed by atoms with Crippen LogP contribution >= 0.6 is 11.3 Å². The Morgan fingerprint density at radius 1 is 1.21 bits per heavy atom. The smallest absolute Gasteiger partial charge is 0.250 e. The Bertz CT molecular complexity index is 1030. The number of nitrogens with zero attached hydrogens (tertiary/aromatic N) is 4. The van der Waals surface area contributed by atoms with Gasteiger partial charge in [-0.1, -0.05) is 41.2 Å². The highest BCUT2D eigenvalue weighted by Gasteiger charge is 2.27. The van der Waals surface area contributed by atoms with Gasteiger partial charge in [0.15, 0.2) is 0 Å². The molecule has 1 aromatic carbocycles. The third-order valence-electron chi connectivity index (χ3n) is 4.89. The Kier molecular flexibility index (Phi) is 5.09. The molecule has 4 rings (SSSR count). The number of aryl methyl sites for hydroxylation is 2. The van der Waals surface area contributed by atoms with Crippen molar-refractivity contribution in [2.45, 2.75) is 46.1 Å². The first-order valence-electron chi connectivity index (χ1n) is 9.41. The SMILES string of the molecule is Cc1ccc(Cn2nc(C)c(C=CC(=O)Nc3nnc(C4CC4)s3)c2C)cc1. The Hall–Kier alpha value is -2.80. The second-order valence-corrected chi connectivity index (χ2v) is 8.28. The van der Waals surface area contributed by atoms with Crippen molar-refractivity contribution in [2.24, 2.45) is 0 Å². The van der Waals surface area contributed by atoms with Gasteiger partial charge in [0.2, 0.25) is 11.0 Å². The molecule has 2 aromatic heterocycles. The van der Waals surface area contributed by atoms with Crippen LogP contribution in [0.25, 0.3) is 6.08 Å². The lowest BCUT2D eigenvalue weighted by Crippen LogP contribution is -2.07. The zero-order valence-electron chi connectivity index (χ0n) is 16.3. The number of benzene rings is 1. The standard InChI is InChI=1S/C21H23N5OS/c1-13-4-6-16(7-5-13)12-26-15(3)18(14(2)25-26)10-11-19(27)22-21-24-23-20(28-21)17-8-9-17/h4-7,10-11,17H,8-9,12H2,1-3H3,(H,22,24,27). The van der Waals surface area contributed by atoms with Crippen LogP contribution in [-0.2, 0) is 11.3 Å². The summed E-state index contributed by atoms with van der Waals surface area (Å²) in [4.78, 5) is 12.2. The lowest BCUT2D eigenvalue weighted by molar-refractivity contribution is -0.111. The molecule has 1 aliphatic carbocycles. The van der Waals surface area contributed by atoms with Crippen molar-refractivity contribution in [3.8, 4) is 0 Å². The topological polar surface area (TPSA) is 72.7 Å². The number of rotatable bonds is 6. The monoisotopic (exact) mass is 393 g/mol. The average molecular weight is 394 g/mol. The predicted octanol–water partition coefficient (Wildman–Crippen LogP) is 4.24. The summed E-state index contributed by atoms with van der Waals surface area (Å²) in [6, 6.07) is 8.45. The lowest BCUT2D eigenvalue weighted by atomic mass is 10.1. The summed E-state index contributed by atoms with van der Waals surface area (Å²) < 4.78 is 1.98. The molecule has 1 saturated carbocycles. The predicted molar refractivity (Wildman–Crippen MR) is 112 cm³/mol. The maximum atomic E-state index is 12.2. The molecule has 0 spiro atoms. The molecule has 0 aliphatic heterocycles. The fraction of sp³-hybridized carbons (Fsp3) is 0.333. The average Bonchev–Trinajstić information content (AvgIpc) is 3.36. The fourth-order valence-electron chi connectivity index (χ4n) is 3.06. The zero-order valence-corrected chi connectivity index (χ0v) is 17.1. The minimum absolute atomic E-state index is 0.205. The summed E-state index contributed by atoms with van der Waals surface area (Å²) in [5.74, 6) is 0.340. The largest absolute Gasteiger partial charge is 0.297 e. The molecule has 0 bridgehead atoms. The third kappa shape index (κ3) is 4.20. The number of carbonyl (C=O) groups is 1. The molecule has 1 N–H and O–H groups in total. The molecule has 3 aromatic rings. The molecular formula is C21H23N5OS. The van der Waals surface area contributed by atoms with Crippen molar-refractivity contribution < 1.29 is 4.79 Å². The number of hydrogen-bond donors (Lipinski definition) is 1. The van der Waals surface area contributed by atoms with E-state index >= 15 is 0 Å². The highest BCUT2D eigenvalue weighted by molar-refractivity contribution is 7.15. The van der Waals surface area contributed by atoms with Crippen molar-refractivity contribution in [2.75, 3.05) is 5.32 Å². The molecule has 7 heteroatoms. The first-order valence-corrected chi connectivity index (χ1v) is 10.2. The summed E-state index contributed by atoms with van der Waals surface area (Å²) in [7, 11) is 0. The number of amides is 1. The van der Waals surface area contributed by atoms with E-state index in [1.807, 2.05) is 24.6 Å². The molecular weight excluding hydrogens is 370 g/mol. The fourth-order valence-corrected chi connectivity index (χ4v) is 3.97. The van der Waals surface area contributed by atoms with Crippen molar-refractivity contribution in [1.29, 1.82) is 0 Å². The van der Waals surface area contributed by atoms with Gasteiger partial charge in [0.25, 0.3) is 0 Å². The van der Waals surface area contributed by atoms with Gasteiger partial charge in [-0.3, -0.25) is 14.8 Å². The quantitative estimate of drug-likeness (QED) is 0.636. The lowest BCUT2D eigenvalue weighted by Gasteiger charge is -2.05. The Labute approximate surface area is 168 Å². The molecule has 1 amide bonds. The van der Waals surface area contributed by atoms with Gasteiger partial charge in [0.05, 0.1) is 12.2 Å². The summed E-state index contributed by atoms with van der Waals surface area (Å²) >= 11 is 1.46. The van der Waals surface area contributed by atoms with Gasteiger partial charge in [-0.15, -0.1) is 10.2 Å². The van der Waals surface area contributed by atoms with E-state index in [1.54, 1.807) is 0 Å². The van der Waals surface area contributed by atoms with Crippen LogP contribution in [0.4, 0.5) is 5.13 Å². The van der Waals surface area contributed by atoms with Crippen molar-refractivity contribution in [3.63, 3.8) is 0 Å². The van der Waals surface area contributed by atoms with Crippen LogP contribution in [0.15, 0.2) is 30.3 Å². The Balaban J connectivity index is 1.43. The molecule has 0 unspecified atom stereocenters. The van der Waals surface area contributed by atoms with Crippen LogP contribution < -0.4 is 5.32 Å². The van der Waals surface area contributed by atoms with Crippen LogP contribution in [-0.4, -0.2) is 25.9 Å². The van der Waals surface area contributed by atoms with Crippen LogP contribution in [0.2, 0.25) is 0 Å². The van der Waals surface area contributed by atoms with Gasteiger partial charge in [0.1, 0.15) is 5.01 Å². The minimum Gasteiger partial charge on any atom is -0.297 e. The van der Waals surface area contributed by atoms with E-state index in [4.69, 9.17) is 0 Å². The highest BCUT2D eigenvalue weighted by atomic mass is 32.1. The van der Waals surface area contributed by atoms with E-state index in [9.17, 15) is 4.79 Å². The molecule has 6 nitrogen and oxygen atoms in total. The van der Waals surface area contributed by atoms with E-state index in [0.29, 0.717) is 17.6 Å². The first-order chi connectivity index (χ1) is 13.5. The molecule has 1 fully saturated rings. The maximum Gasteiger partial charge on any atom is 0.250 e. The number of nitrogens with one attached hydrogen (secondary N) is 1. The summed E-state index contributed by atoms with van der Waals surface area (Å²) in [5.41, 5.74) is 5.35. The molecule has 0 atom stereocenters. The van der Waals surface area contributed by atoms with Gasteiger partial charge in [-0.25, -0.2) is 0 Å². The third-order valence-corrected chi connectivity index (χ3v) is 5.89. The summed E-state index contributed by atoms with van der Waals surface area (Å²) in [6.07, 6.45) is 5.70. The van der Waals surface area contributed by atoms with Crippen LogP contribution in [0.3, 0.4) is 0 Å². The van der Waals surface area contributed by atoms with Crippen molar-refractivity contribution in [3.05, 3.63) is 63.4 Å². The number of anilines is 1. The van der Waals surface area contributed by atoms with E-state index in [0.717, 1.165) is 22.0 Å². The minimum atomic E-state index is -0.205. The molecule has 0 saturated heterocycles. The van der Waals surface area contributed by atoms with Crippen LogP contribution in [0.1, 0.15) is 51.8 Å². The van der Waals surface area contributed by atoms with Gasteiger partial charge in [-0.2, -0.15) is 5.10 Å². The normalized spacial score (nSPS) is 14.0. The molecule has 144 valence electrons. The Morgan fingerprint density at radius 3 is 2.68 bits per heavy atom. The highest BCUT2D eigenvalue weighted by Crippen LogP contribution is 2.42. The van der Waals surface area contributed by atoms with Gasteiger partial charge in [0, 0.05) is 23.3 Å². The van der Waals surface area contributed by atoms with Gasteiger partial charge < -0.3 is 0 Å². The van der Waals surface area contributed by atoms with E-state index < -0.39 is 0 Å². The first kappa shape index (κ1) is 18.6. The van der Waals surface area contributed by atoms with Crippen LogP contribution in [0.5, 0.6) is 0 Å². The van der Waals surface area contributed by atoms with E-state index in [1.165, 1.54) is 41.4 Å². The molecule has 0 radical (unpaired) electrons. The second kappa shape index (κ2) is 7.67. The number of hydrogen-bond acceptors (Lipinski definition) is 5. The van der Waals surface area contributed by atoms with E-state index in [-0.39, 0.29) is 5.91 Å². The number of carbonyl (C=O) groups excluding carboxylic acids is 1. The van der Waals surface area contributed by atoms with Gasteiger partial charge >= 0.3 is 0 Å². The molecule has 1 aliphatic rings. The zero-order chi connectivity index (χ0) is 19.7. The Morgan fingerprint density at radius 2 is 1.96 bits per heavy atom. The van der Waals surface area contributed by atoms with E-state index in [2.05, 4.69) is 51.8 Å². The van der Waals surface area contributed by atoms with Crippen molar-refractivity contribution >= 4 is 28.5 Å². The van der Waals surface area contributed by atoms with Crippen LogP contribution in [0, 0.1) is 20.8 Å². The van der Waals surface area contributed by atoms with Crippen molar-refractivity contribution in [1.82, 2.24) is 20.0 Å². The van der Waals surface area contributed by atoms with Gasteiger partial charge in [-0.05, 0) is 45.3 Å². The number of aromatic nitrogens is 4. The maximum absolute atomic E-state index is 12.2. The molecule has 2 heterocycles. The second-order valence-electron chi connectivity index (χ2n) is 7.27. The summed E-state index contributed by atoms with van der Waals surface area (Å²) in [6.45, 7) is 6.78. The molecule has 28 heavy (non-hydrogen) atoms.